The Balaban J connectivity index is 1.75. The maximum absolute atomic E-state index is 13.3. The van der Waals surface area contributed by atoms with Gasteiger partial charge in [0, 0.05) is 6.42 Å². The molecule has 0 aromatic heterocycles. The molecule has 2 heterocycles. The lowest BCUT2D eigenvalue weighted by atomic mass is 9.97. The fourth-order valence-corrected chi connectivity index (χ4v) is 10.6. The predicted molar refractivity (Wildman–Crippen MR) is 314 cm³/mol. The van der Waals surface area contributed by atoms with Crippen LogP contribution in [0.1, 0.15) is 271 Å². The van der Waals surface area contributed by atoms with Crippen molar-refractivity contribution in [2.75, 3.05) is 19.8 Å². The number of aliphatic hydroxyl groups excluding tert-OH is 8. The number of unbranched alkanes of at least 4 members (excludes halogenated alkanes) is 35. The van der Waals surface area contributed by atoms with Crippen molar-refractivity contribution in [3.63, 3.8) is 0 Å². The van der Waals surface area contributed by atoms with Gasteiger partial charge in [-0.2, -0.15) is 0 Å². The first-order valence-electron chi connectivity index (χ1n) is 32.2. The van der Waals surface area contributed by atoms with Crippen LogP contribution >= 0.6 is 0 Å². The predicted octanol–water partition coefficient (Wildman–Crippen LogP) is 11.8. The first kappa shape index (κ1) is 72.3. The van der Waals surface area contributed by atoms with E-state index in [2.05, 4.69) is 43.5 Å². The van der Waals surface area contributed by atoms with Gasteiger partial charge in [0.15, 0.2) is 12.6 Å². The zero-order valence-corrected chi connectivity index (χ0v) is 49.4. The van der Waals surface area contributed by atoms with Crippen molar-refractivity contribution in [3.05, 3.63) is 36.5 Å². The maximum Gasteiger partial charge on any atom is 0.220 e. The van der Waals surface area contributed by atoms with Gasteiger partial charge in [-0.25, -0.2) is 0 Å². The quantitative estimate of drug-likeness (QED) is 0.0204. The number of rotatable bonds is 52. The number of amides is 1. The first-order chi connectivity index (χ1) is 38.1. The molecule has 2 saturated heterocycles. The van der Waals surface area contributed by atoms with Crippen molar-refractivity contribution in [3.8, 4) is 0 Å². The molecular formula is C64H119NO13. The summed E-state index contributed by atoms with van der Waals surface area (Å²) in [5.74, 6) is -0.247. The Morgan fingerprint density at radius 2 is 0.821 bits per heavy atom. The van der Waals surface area contributed by atoms with Gasteiger partial charge in [-0.1, -0.05) is 243 Å². The third-order valence-electron chi connectivity index (χ3n) is 15.8. The molecule has 1 amide bonds. The summed E-state index contributed by atoms with van der Waals surface area (Å²) < 4.78 is 22.8. The number of carbonyl (C=O) groups excluding carboxylic acids is 1. The van der Waals surface area contributed by atoms with Crippen molar-refractivity contribution in [2.45, 2.75) is 344 Å². The zero-order valence-electron chi connectivity index (χ0n) is 49.4. The van der Waals surface area contributed by atoms with Gasteiger partial charge in [0.1, 0.15) is 48.8 Å². The molecule has 2 aliphatic rings. The van der Waals surface area contributed by atoms with Crippen molar-refractivity contribution in [1.29, 1.82) is 0 Å². The fraction of sp³-hybridized carbons (Fsp3) is 0.891. The van der Waals surface area contributed by atoms with E-state index >= 15 is 0 Å². The first-order valence-corrected chi connectivity index (χ1v) is 32.2. The van der Waals surface area contributed by atoms with Gasteiger partial charge in [-0.3, -0.25) is 4.79 Å². The van der Waals surface area contributed by atoms with E-state index in [-0.39, 0.29) is 18.9 Å². The van der Waals surface area contributed by atoms with Crippen LogP contribution < -0.4 is 5.32 Å². The molecular weight excluding hydrogens is 991 g/mol. The SMILES string of the molecule is CCCCCCCCCC/C=C\CCCCCCCCCCCCCC(=O)NC(COC1OC(CO)C(OC2OC(CO)C(O)C(O)C2O)C(O)C1O)C(O)/C=C/CC/C=C/CCCCCCCCCCCCCCCCC. The zero-order chi connectivity index (χ0) is 56.7. The van der Waals surface area contributed by atoms with E-state index in [9.17, 15) is 45.6 Å². The molecule has 14 heteroatoms. The number of allylic oxidation sites excluding steroid dienone is 5. The highest BCUT2D eigenvalue weighted by Gasteiger charge is 2.51. The second-order valence-corrected chi connectivity index (χ2v) is 22.9. The molecule has 2 fully saturated rings. The van der Waals surface area contributed by atoms with Crippen LogP contribution in [0.2, 0.25) is 0 Å². The van der Waals surface area contributed by atoms with E-state index in [0.717, 1.165) is 32.1 Å². The van der Waals surface area contributed by atoms with Crippen molar-refractivity contribution in [1.82, 2.24) is 5.32 Å². The van der Waals surface area contributed by atoms with Gasteiger partial charge in [0.2, 0.25) is 5.91 Å². The molecule has 458 valence electrons. The van der Waals surface area contributed by atoms with E-state index in [1.807, 2.05) is 6.08 Å². The average Bonchev–Trinajstić information content (AvgIpc) is 3.48. The summed E-state index contributed by atoms with van der Waals surface area (Å²) in [5.41, 5.74) is 0. The van der Waals surface area contributed by atoms with Crippen LogP contribution in [0.4, 0.5) is 0 Å². The summed E-state index contributed by atoms with van der Waals surface area (Å²) >= 11 is 0. The van der Waals surface area contributed by atoms with Gasteiger partial charge in [-0.05, 0) is 57.8 Å². The van der Waals surface area contributed by atoms with Crippen LogP contribution in [0.15, 0.2) is 36.5 Å². The Hall–Kier alpha value is -1.79. The molecule has 0 aliphatic carbocycles. The largest absolute Gasteiger partial charge is 0.394 e. The summed E-state index contributed by atoms with van der Waals surface area (Å²) in [7, 11) is 0. The van der Waals surface area contributed by atoms with Crippen molar-refractivity contribution < 1.29 is 64.6 Å². The lowest BCUT2D eigenvalue weighted by molar-refractivity contribution is -0.359. The lowest BCUT2D eigenvalue weighted by Crippen LogP contribution is -2.65. The summed E-state index contributed by atoms with van der Waals surface area (Å²) in [4.78, 5) is 13.3. The van der Waals surface area contributed by atoms with Gasteiger partial charge >= 0.3 is 0 Å². The highest BCUT2D eigenvalue weighted by molar-refractivity contribution is 5.76. The monoisotopic (exact) mass is 1110 g/mol. The molecule has 12 unspecified atom stereocenters. The maximum atomic E-state index is 13.3. The number of nitrogens with one attached hydrogen (secondary N) is 1. The number of hydrogen-bond donors (Lipinski definition) is 9. The number of carbonyl (C=O) groups is 1. The highest BCUT2D eigenvalue weighted by atomic mass is 16.7. The molecule has 2 rings (SSSR count). The van der Waals surface area contributed by atoms with E-state index in [1.54, 1.807) is 6.08 Å². The topological polar surface area (TPSA) is 228 Å². The fourth-order valence-electron chi connectivity index (χ4n) is 10.6. The molecule has 0 spiro atoms. The third-order valence-corrected chi connectivity index (χ3v) is 15.8. The number of hydrogen-bond acceptors (Lipinski definition) is 13. The van der Waals surface area contributed by atoms with E-state index in [0.29, 0.717) is 12.8 Å². The van der Waals surface area contributed by atoms with Crippen LogP contribution in [0.25, 0.3) is 0 Å². The highest BCUT2D eigenvalue weighted by Crippen LogP contribution is 2.30. The van der Waals surface area contributed by atoms with Crippen LogP contribution in [0.5, 0.6) is 0 Å². The van der Waals surface area contributed by atoms with Crippen LogP contribution in [-0.4, -0.2) is 140 Å². The molecule has 14 nitrogen and oxygen atoms in total. The molecule has 12 atom stereocenters. The molecule has 0 bridgehead atoms. The normalized spacial score (nSPS) is 24.7. The molecule has 0 saturated carbocycles. The van der Waals surface area contributed by atoms with Crippen LogP contribution in [-0.2, 0) is 23.7 Å². The molecule has 78 heavy (non-hydrogen) atoms. The molecule has 0 radical (unpaired) electrons. The summed E-state index contributed by atoms with van der Waals surface area (Å²) in [6, 6.07) is -0.931. The van der Waals surface area contributed by atoms with Gasteiger partial charge in [0.25, 0.3) is 0 Å². The van der Waals surface area contributed by atoms with E-state index < -0.39 is 86.8 Å². The minimum atomic E-state index is -1.79. The second-order valence-electron chi connectivity index (χ2n) is 22.9. The molecule has 0 aromatic rings. The summed E-state index contributed by atoms with van der Waals surface area (Å²) in [6.07, 6.45) is 44.7. The van der Waals surface area contributed by atoms with Gasteiger partial charge in [0.05, 0.1) is 32.0 Å². The second kappa shape index (κ2) is 49.8. The minimum absolute atomic E-state index is 0.247. The van der Waals surface area contributed by atoms with Gasteiger partial charge < -0.3 is 65.1 Å². The van der Waals surface area contributed by atoms with E-state index in [1.165, 1.54) is 205 Å². The summed E-state index contributed by atoms with van der Waals surface area (Å²) in [5, 5.41) is 87.2. The standard InChI is InChI=1S/C64H119NO13/c1-3-5-7-9-11-13-15-17-19-21-23-25-26-28-30-32-34-36-38-40-42-44-46-48-56(69)65-52(53(68)47-45-43-41-39-37-35-33-31-29-27-24-22-20-18-16-14-12-10-8-6-4-2)51-75-63-61(74)59(72)62(55(50-67)77-63)78-64-60(73)58(71)57(70)54(49-66)76-64/h21,23,37,39,45,47,52-55,57-64,66-68,70-74H,3-20,22,24-36,38,40-44,46,48-51H2,1-2H3,(H,65,69)/b23-21-,39-37+,47-45+. The molecule has 9 N–H and O–H groups in total. The number of aliphatic hydroxyl groups is 8. The third kappa shape index (κ3) is 34.6. The Morgan fingerprint density at radius 3 is 1.26 bits per heavy atom. The Bertz CT molecular complexity index is 1450. The number of ether oxygens (including phenoxy) is 4. The van der Waals surface area contributed by atoms with Crippen LogP contribution in [0, 0.1) is 0 Å². The average molecular weight is 1110 g/mol. The van der Waals surface area contributed by atoms with Crippen LogP contribution in [0.3, 0.4) is 0 Å². The minimum Gasteiger partial charge on any atom is -0.394 e. The smallest absolute Gasteiger partial charge is 0.220 e. The molecule has 0 aromatic carbocycles. The Kier molecular flexibility index (Phi) is 46.2. The Labute approximate surface area is 474 Å². The lowest BCUT2D eigenvalue weighted by Gasteiger charge is -2.46. The van der Waals surface area contributed by atoms with Crippen molar-refractivity contribution in [2.24, 2.45) is 0 Å². The van der Waals surface area contributed by atoms with E-state index in [4.69, 9.17) is 18.9 Å². The van der Waals surface area contributed by atoms with Gasteiger partial charge in [-0.15, -0.1) is 0 Å². The molecule has 2 aliphatic heterocycles. The summed E-state index contributed by atoms with van der Waals surface area (Å²) in [6.45, 7) is 2.81. The van der Waals surface area contributed by atoms with Crippen molar-refractivity contribution >= 4 is 5.91 Å². The Morgan fingerprint density at radius 1 is 0.449 bits per heavy atom.